The Labute approximate surface area is 187 Å². The van der Waals surface area contributed by atoms with Crippen LogP contribution in [0, 0.1) is 23.6 Å². The van der Waals surface area contributed by atoms with Gasteiger partial charge in [-0.25, -0.2) is 4.39 Å². The first-order valence-corrected chi connectivity index (χ1v) is 10.6. The molecule has 0 spiro atoms. The van der Waals surface area contributed by atoms with Gasteiger partial charge < -0.3 is 0 Å². The summed E-state index contributed by atoms with van der Waals surface area (Å²) in [4.78, 5) is 3.67. The predicted molar refractivity (Wildman–Crippen MR) is 127 cm³/mol. The lowest BCUT2D eigenvalue weighted by Gasteiger charge is -2.07. The molecule has 0 saturated heterocycles. The van der Waals surface area contributed by atoms with Gasteiger partial charge in [-0.05, 0) is 77.6 Å². The highest BCUT2D eigenvalue weighted by molar-refractivity contribution is 7.78. The van der Waals surface area contributed by atoms with Gasteiger partial charge in [0.1, 0.15) is 5.69 Å². The largest absolute Gasteiger partial charge is 0.205 e. The third kappa shape index (κ3) is 5.65. The van der Waals surface area contributed by atoms with Crippen LogP contribution in [0.2, 0.25) is 5.02 Å². The molecule has 0 N–H and O–H groups in total. The Hall–Kier alpha value is -2.76. The molecule has 3 aromatic carbocycles. The van der Waals surface area contributed by atoms with Gasteiger partial charge in [0.05, 0.1) is 10.2 Å². The van der Waals surface area contributed by atoms with Crippen molar-refractivity contribution in [3.05, 3.63) is 88.2 Å². The van der Waals surface area contributed by atoms with E-state index in [1.54, 1.807) is 6.07 Å². The minimum absolute atomic E-state index is 0.00748. The highest BCUT2D eigenvalue weighted by Crippen LogP contribution is 2.33. The van der Waals surface area contributed by atoms with Crippen LogP contribution in [0.5, 0.6) is 0 Å². The minimum atomic E-state index is -0.532. The summed E-state index contributed by atoms with van der Waals surface area (Å²) in [7, 11) is 0. The first-order valence-electron chi connectivity index (χ1n) is 9.78. The van der Waals surface area contributed by atoms with Crippen molar-refractivity contribution in [3.63, 3.8) is 0 Å². The van der Waals surface area contributed by atoms with Gasteiger partial charge in [0, 0.05) is 11.1 Å². The Morgan fingerprint density at radius 2 is 1.57 bits per heavy atom. The molecule has 0 amide bonds. The summed E-state index contributed by atoms with van der Waals surface area (Å²) in [6.07, 6.45) is 2.27. The van der Waals surface area contributed by atoms with E-state index in [9.17, 15) is 4.39 Å². The zero-order valence-corrected chi connectivity index (χ0v) is 18.4. The maximum Gasteiger partial charge on any atom is 0.151 e. The normalized spacial score (nSPS) is 11.2. The van der Waals surface area contributed by atoms with Gasteiger partial charge in [-0.3, -0.25) is 0 Å². The van der Waals surface area contributed by atoms with Crippen molar-refractivity contribution >= 4 is 34.7 Å². The van der Waals surface area contributed by atoms with E-state index < -0.39 is 5.82 Å². The van der Waals surface area contributed by atoms with Crippen LogP contribution in [0.25, 0.3) is 11.1 Å². The molecule has 0 fully saturated rings. The molecule has 30 heavy (non-hydrogen) atoms. The van der Waals surface area contributed by atoms with Crippen LogP contribution < -0.4 is 0 Å². The average Bonchev–Trinajstić information content (AvgIpc) is 2.76. The fraction of sp³-hybridized carbons (Fsp3) is 0.192. The fourth-order valence-electron chi connectivity index (χ4n) is 3.05. The molecule has 0 aliphatic carbocycles. The zero-order valence-electron chi connectivity index (χ0n) is 16.9. The molecule has 150 valence electrons. The smallest absolute Gasteiger partial charge is 0.151 e. The molecule has 0 saturated carbocycles. The highest BCUT2D eigenvalue weighted by atomic mass is 35.5. The number of hydrogen-bond donors (Lipinski definition) is 0. The van der Waals surface area contributed by atoms with Gasteiger partial charge in [0.15, 0.2) is 5.82 Å². The molecule has 1 atom stereocenters. The number of halogens is 2. The van der Waals surface area contributed by atoms with E-state index >= 15 is 0 Å². The molecule has 0 aromatic heterocycles. The number of isothiocyanates is 1. The molecule has 1 unspecified atom stereocenters. The number of benzene rings is 3. The first kappa shape index (κ1) is 21.9. The van der Waals surface area contributed by atoms with E-state index in [1.807, 2.05) is 24.3 Å². The number of thiocarbonyl (C=S) groups is 1. The van der Waals surface area contributed by atoms with Gasteiger partial charge >= 0.3 is 0 Å². The third-order valence-corrected chi connectivity index (χ3v) is 5.36. The molecule has 0 radical (unpaired) electrons. The first-order chi connectivity index (χ1) is 14.5. The summed E-state index contributed by atoms with van der Waals surface area (Å²) in [6.45, 7) is 4.48. The number of rotatable bonds is 5. The van der Waals surface area contributed by atoms with Crippen molar-refractivity contribution in [2.45, 2.75) is 26.7 Å². The minimum Gasteiger partial charge on any atom is -0.205 e. The second kappa shape index (κ2) is 10.3. The second-order valence-corrected chi connectivity index (χ2v) is 7.82. The topological polar surface area (TPSA) is 12.4 Å². The summed E-state index contributed by atoms with van der Waals surface area (Å²) >= 11 is 10.6. The lowest BCUT2D eigenvalue weighted by atomic mass is 9.98. The number of aliphatic imine (C=N–C) groups is 1. The van der Waals surface area contributed by atoms with Gasteiger partial charge in [0.2, 0.25) is 0 Å². The zero-order chi connectivity index (χ0) is 21.5. The van der Waals surface area contributed by atoms with Crippen molar-refractivity contribution < 1.29 is 4.39 Å². The van der Waals surface area contributed by atoms with Crippen molar-refractivity contribution in [2.75, 3.05) is 0 Å². The van der Waals surface area contributed by atoms with E-state index in [4.69, 9.17) is 11.6 Å². The molecule has 4 heteroatoms. The SMILES string of the molecule is CCC(C)Cc1ccc(C#Cc2ccc(-c3cc(F)c(N=C=S)c(Cl)c3)cc2)cc1. The van der Waals surface area contributed by atoms with E-state index in [1.165, 1.54) is 18.1 Å². The molecular weight excluding hydrogens is 413 g/mol. The molecule has 0 aliphatic heterocycles. The Kier molecular flexibility index (Phi) is 7.55. The second-order valence-electron chi connectivity index (χ2n) is 7.23. The third-order valence-electron chi connectivity index (χ3n) is 4.98. The lowest BCUT2D eigenvalue weighted by molar-refractivity contribution is 0.560. The summed E-state index contributed by atoms with van der Waals surface area (Å²) in [5.41, 5.74) is 4.72. The highest BCUT2D eigenvalue weighted by Gasteiger charge is 2.10. The molecule has 0 heterocycles. The van der Waals surface area contributed by atoms with Crippen LogP contribution in [0.1, 0.15) is 37.0 Å². The maximum absolute atomic E-state index is 14.2. The Morgan fingerprint density at radius 3 is 2.10 bits per heavy atom. The standard InChI is InChI=1S/C26H21ClFNS/c1-3-18(2)14-21-8-6-19(7-9-21)4-5-20-10-12-22(13-11-20)23-15-24(27)26(29-17-30)25(28)16-23/h6-13,15-16,18H,3,14H2,1-2H3. The van der Waals surface area contributed by atoms with Crippen LogP contribution in [-0.4, -0.2) is 5.16 Å². The Balaban J connectivity index is 1.75. The molecule has 0 bridgehead atoms. The van der Waals surface area contributed by atoms with E-state index in [0.717, 1.165) is 23.1 Å². The van der Waals surface area contributed by atoms with E-state index in [2.05, 4.69) is 72.3 Å². The van der Waals surface area contributed by atoms with E-state index in [-0.39, 0.29) is 10.7 Å². The Morgan fingerprint density at radius 1 is 0.967 bits per heavy atom. The van der Waals surface area contributed by atoms with Gasteiger partial charge in [0.25, 0.3) is 0 Å². The van der Waals surface area contributed by atoms with Crippen molar-refractivity contribution in [2.24, 2.45) is 10.9 Å². The fourth-order valence-corrected chi connectivity index (χ4v) is 3.39. The van der Waals surface area contributed by atoms with Gasteiger partial charge in [-0.1, -0.05) is 68.0 Å². The average molecular weight is 434 g/mol. The van der Waals surface area contributed by atoms with Crippen LogP contribution in [0.3, 0.4) is 0 Å². The lowest BCUT2D eigenvalue weighted by Crippen LogP contribution is -1.97. The monoisotopic (exact) mass is 433 g/mol. The van der Waals surface area contributed by atoms with Crippen molar-refractivity contribution in [3.8, 4) is 23.0 Å². The number of nitrogens with zero attached hydrogens (tertiary/aromatic N) is 1. The maximum atomic E-state index is 14.2. The molecule has 3 aromatic rings. The Bertz CT molecular complexity index is 1110. The van der Waals surface area contributed by atoms with Crippen LogP contribution >= 0.6 is 23.8 Å². The number of hydrogen-bond acceptors (Lipinski definition) is 2. The predicted octanol–water partition coefficient (Wildman–Crippen LogP) is 7.87. The van der Waals surface area contributed by atoms with Crippen molar-refractivity contribution in [1.29, 1.82) is 0 Å². The summed E-state index contributed by atoms with van der Waals surface area (Å²) in [5, 5.41) is 2.34. The summed E-state index contributed by atoms with van der Waals surface area (Å²) in [6, 6.07) is 19.1. The molecule has 3 rings (SSSR count). The van der Waals surface area contributed by atoms with Crippen LogP contribution in [0.15, 0.2) is 65.7 Å². The van der Waals surface area contributed by atoms with Gasteiger partial charge in [-0.15, -0.1) is 0 Å². The van der Waals surface area contributed by atoms with Crippen LogP contribution in [-0.2, 0) is 6.42 Å². The van der Waals surface area contributed by atoms with E-state index in [0.29, 0.717) is 11.5 Å². The molecule has 1 nitrogen and oxygen atoms in total. The van der Waals surface area contributed by atoms with Crippen molar-refractivity contribution in [1.82, 2.24) is 0 Å². The van der Waals surface area contributed by atoms with Crippen LogP contribution in [0.4, 0.5) is 10.1 Å². The summed E-state index contributed by atoms with van der Waals surface area (Å²) < 4.78 is 14.2. The molecule has 0 aliphatic rings. The molecular formula is C26H21ClFNS. The quantitative estimate of drug-likeness (QED) is 0.226. The summed E-state index contributed by atoms with van der Waals surface area (Å²) in [5.74, 6) is 6.52. The van der Waals surface area contributed by atoms with Gasteiger partial charge in [-0.2, -0.15) is 4.99 Å².